The number of nitrogens with one attached hydrogen (secondary N) is 1. The minimum absolute atomic E-state index is 0.0305. The second-order valence-electron chi connectivity index (χ2n) is 9.94. The highest BCUT2D eigenvalue weighted by atomic mass is 35.5. The first-order valence-corrected chi connectivity index (χ1v) is 14.3. The lowest BCUT2D eigenvalue weighted by Crippen LogP contribution is -2.35. The molecule has 1 aliphatic heterocycles. The lowest BCUT2D eigenvalue weighted by molar-refractivity contribution is -0.158. The number of rotatable bonds is 9. The van der Waals surface area contributed by atoms with Crippen LogP contribution in [-0.4, -0.2) is 70.8 Å². The normalized spacial score (nSPS) is 24.3. The Morgan fingerprint density at radius 2 is 2.05 bits per heavy atom. The SMILES string of the molecule is CC1(C)O[C@@H]2[C@@H](COS(C)(=O)=O)C[C@@H](Nc3ncncc3C(=O)c3ccn(Cc4cccc(Cl)c4)n3)[C@@H]2O1. The Morgan fingerprint density at radius 1 is 1.26 bits per heavy atom. The molecule has 1 N–H and O–H groups in total. The van der Waals surface area contributed by atoms with E-state index in [1.807, 2.05) is 18.2 Å². The van der Waals surface area contributed by atoms with Crippen molar-refractivity contribution in [3.05, 3.63) is 70.9 Å². The molecule has 11 nitrogen and oxygen atoms in total. The van der Waals surface area contributed by atoms with E-state index >= 15 is 0 Å². The Bertz CT molecular complexity index is 1450. The molecule has 4 atom stereocenters. The molecule has 1 saturated carbocycles. The van der Waals surface area contributed by atoms with E-state index < -0.39 is 22.0 Å². The number of nitrogens with zero attached hydrogens (tertiary/aromatic N) is 4. The van der Waals surface area contributed by atoms with Gasteiger partial charge in [0.05, 0.1) is 37.1 Å². The molecule has 0 radical (unpaired) electrons. The summed E-state index contributed by atoms with van der Waals surface area (Å²) in [6.07, 6.45) is 5.25. The number of halogens is 1. The molecule has 0 amide bonds. The van der Waals surface area contributed by atoms with Crippen LogP contribution in [-0.2, 0) is 30.3 Å². The van der Waals surface area contributed by atoms with Gasteiger partial charge in [-0.3, -0.25) is 13.7 Å². The molecule has 0 unspecified atom stereocenters. The van der Waals surface area contributed by atoms with Gasteiger partial charge in [-0.1, -0.05) is 23.7 Å². The van der Waals surface area contributed by atoms with E-state index in [1.165, 1.54) is 12.5 Å². The molecule has 1 aliphatic carbocycles. The van der Waals surface area contributed by atoms with Crippen LogP contribution >= 0.6 is 11.6 Å². The minimum Gasteiger partial charge on any atom is -0.364 e. The highest BCUT2D eigenvalue weighted by Crippen LogP contribution is 2.43. The molecule has 202 valence electrons. The molecule has 3 aromatic rings. The second-order valence-corrected chi connectivity index (χ2v) is 12.0. The van der Waals surface area contributed by atoms with Crippen molar-refractivity contribution < 1.29 is 26.9 Å². The van der Waals surface area contributed by atoms with Gasteiger partial charge in [0.25, 0.3) is 10.1 Å². The van der Waals surface area contributed by atoms with E-state index in [0.717, 1.165) is 11.8 Å². The lowest BCUT2D eigenvalue weighted by atomic mass is 10.1. The summed E-state index contributed by atoms with van der Waals surface area (Å²) in [6, 6.07) is 8.77. The smallest absolute Gasteiger partial charge is 0.264 e. The van der Waals surface area contributed by atoms with Crippen LogP contribution in [0.4, 0.5) is 5.82 Å². The number of fused-ring (bicyclic) bond motifs is 1. The van der Waals surface area contributed by atoms with Gasteiger partial charge in [-0.15, -0.1) is 0 Å². The van der Waals surface area contributed by atoms with Crippen LogP contribution in [0, 0.1) is 5.92 Å². The zero-order valence-electron chi connectivity index (χ0n) is 21.1. The molecule has 0 spiro atoms. The molecule has 5 rings (SSSR count). The fraction of sp³-hybridized carbons (Fsp3) is 0.440. The van der Waals surface area contributed by atoms with Gasteiger partial charge in [0.1, 0.15) is 23.9 Å². The van der Waals surface area contributed by atoms with Crippen molar-refractivity contribution in [1.82, 2.24) is 19.7 Å². The predicted molar refractivity (Wildman–Crippen MR) is 138 cm³/mol. The Labute approximate surface area is 225 Å². The van der Waals surface area contributed by atoms with Gasteiger partial charge in [-0.05, 0) is 44.0 Å². The van der Waals surface area contributed by atoms with Crippen LogP contribution in [0.3, 0.4) is 0 Å². The number of carbonyl (C=O) groups excluding carboxylic acids is 1. The summed E-state index contributed by atoms with van der Waals surface area (Å²) in [7, 11) is -3.61. The van der Waals surface area contributed by atoms with Crippen LogP contribution in [0.15, 0.2) is 49.1 Å². The summed E-state index contributed by atoms with van der Waals surface area (Å²) in [4.78, 5) is 21.8. The molecule has 2 aromatic heterocycles. The largest absolute Gasteiger partial charge is 0.364 e. The number of anilines is 1. The van der Waals surface area contributed by atoms with Gasteiger partial charge in [-0.25, -0.2) is 9.97 Å². The van der Waals surface area contributed by atoms with Gasteiger partial charge in [0, 0.05) is 23.3 Å². The van der Waals surface area contributed by atoms with Gasteiger partial charge in [0.2, 0.25) is 5.78 Å². The van der Waals surface area contributed by atoms with Crippen LogP contribution in [0.1, 0.15) is 41.9 Å². The van der Waals surface area contributed by atoms with E-state index in [4.69, 9.17) is 25.3 Å². The van der Waals surface area contributed by atoms with Gasteiger partial charge < -0.3 is 14.8 Å². The maximum atomic E-state index is 13.4. The Hall–Kier alpha value is -2.90. The third-order valence-electron chi connectivity index (χ3n) is 6.46. The van der Waals surface area contributed by atoms with Crippen molar-refractivity contribution in [2.24, 2.45) is 5.92 Å². The highest BCUT2D eigenvalue weighted by molar-refractivity contribution is 7.85. The molecule has 2 fully saturated rings. The fourth-order valence-electron chi connectivity index (χ4n) is 4.92. The Balaban J connectivity index is 1.34. The standard InChI is InChI=1S/C25H28ClN5O6S/c1-25(2)36-22-16(13-35-38(3,33)34)10-20(23(22)37-25)29-24-18(11-27-14-28-24)21(32)19-7-8-31(30-19)12-15-5-4-6-17(26)9-15/h4-9,11,14,16,20,22-23H,10,12-13H2,1-3H3,(H,27,28,29)/t16-,20-,22-,23+/m1/s1. The van der Waals surface area contributed by atoms with Gasteiger partial charge >= 0.3 is 0 Å². The third-order valence-corrected chi connectivity index (χ3v) is 7.26. The summed E-state index contributed by atoms with van der Waals surface area (Å²) in [6.45, 7) is 4.03. The number of hydrogen-bond acceptors (Lipinski definition) is 10. The number of hydrogen-bond donors (Lipinski definition) is 1. The average molecular weight is 562 g/mol. The maximum absolute atomic E-state index is 13.4. The van der Waals surface area contributed by atoms with Crippen molar-refractivity contribution in [1.29, 1.82) is 0 Å². The van der Waals surface area contributed by atoms with E-state index in [0.29, 0.717) is 23.8 Å². The topological polar surface area (TPSA) is 135 Å². The average Bonchev–Trinajstić information content (AvgIpc) is 3.51. The molecule has 1 saturated heterocycles. The van der Waals surface area contributed by atoms with Crippen molar-refractivity contribution in [3.63, 3.8) is 0 Å². The predicted octanol–water partition coefficient (Wildman–Crippen LogP) is 2.90. The number of aromatic nitrogens is 4. The fourth-order valence-corrected chi connectivity index (χ4v) is 5.55. The second kappa shape index (κ2) is 10.3. The Kier molecular flexibility index (Phi) is 7.27. The monoisotopic (exact) mass is 561 g/mol. The van der Waals surface area contributed by atoms with Crippen molar-refractivity contribution >= 4 is 33.3 Å². The molecular formula is C25H28ClN5O6S. The molecule has 2 aliphatic rings. The number of ether oxygens (including phenoxy) is 2. The molecular weight excluding hydrogens is 534 g/mol. The van der Waals surface area contributed by atoms with Crippen molar-refractivity contribution in [3.8, 4) is 0 Å². The summed E-state index contributed by atoms with van der Waals surface area (Å²) < 4.78 is 42.1. The molecule has 3 heterocycles. The van der Waals surface area contributed by atoms with E-state index in [2.05, 4.69) is 20.4 Å². The summed E-state index contributed by atoms with van der Waals surface area (Å²) >= 11 is 6.07. The van der Waals surface area contributed by atoms with Crippen molar-refractivity contribution in [2.75, 3.05) is 18.2 Å². The first kappa shape index (κ1) is 26.7. The van der Waals surface area contributed by atoms with E-state index in [9.17, 15) is 13.2 Å². The number of ketones is 1. The van der Waals surface area contributed by atoms with Crippen LogP contribution in [0.25, 0.3) is 0 Å². The molecule has 1 aromatic carbocycles. The van der Waals surface area contributed by atoms with Crippen LogP contribution < -0.4 is 5.32 Å². The lowest BCUT2D eigenvalue weighted by Gasteiger charge is -2.24. The van der Waals surface area contributed by atoms with Gasteiger partial charge in [0.15, 0.2) is 5.79 Å². The number of carbonyl (C=O) groups is 1. The van der Waals surface area contributed by atoms with Crippen LogP contribution in [0.2, 0.25) is 5.02 Å². The zero-order valence-corrected chi connectivity index (χ0v) is 22.6. The van der Waals surface area contributed by atoms with Gasteiger partial charge in [-0.2, -0.15) is 13.5 Å². The van der Waals surface area contributed by atoms with E-state index in [1.54, 1.807) is 36.9 Å². The Morgan fingerprint density at radius 3 is 2.82 bits per heavy atom. The quantitative estimate of drug-likeness (QED) is 0.307. The first-order valence-electron chi connectivity index (χ1n) is 12.1. The minimum atomic E-state index is -3.61. The summed E-state index contributed by atoms with van der Waals surface area (Å²) in [5, 5.41) is 8.38. The van der Waals surface area contributed by atoms with Crippen LogP contribution in [0.5, 0.6) is 0 Å². The first-order chi connectivity index (χ1) is 18.0. The van der Waals surface area contributed by atoms with Crippen molar-refractivity contribution in [2.45, 2.75) is 50.8 Å². The highest BCUT2D eigenvalue weighted by Gasteiger charge is 2.54. The summed E-state index contributed by atoms with van der Waals surface area (Å²) in [5.41, 5.74) is 1.46. The van der Waals surface area contributed by atoms with E-state index in [-0.39, 0.29) is 41.7 Å². The molecule has 0 bridgehead atoms. The molecule has 13 heteroatoms. The number of benzene rings is 1. The third kappa shape index (κ3) is 6.05. The zero-order chi connectivity index (χ0) is 27.1. The molecule has 38 heavy (non-hydrogen) atoms. The summed E-state index contributed by atoms with van der Waals surface area (Å²) in [5.74, 6) is -1.10. The maximum Gasteiger partial charge on any atom is 0.264 e.